The lowest BCUT2D eigenvalue weighted by Crippen LogP contribution is -2.32. The Bertz CT molecular complexity index is 1010. The average Bonchev–Trinajstić information content (AvgIpc) is 3.41. The van der Waals surface area contributed by atoms with Crippen LogP contribution >= 0.6 is 0 Å². The van der Waals surface area contributed by atoms with Gasteiger partial charge >= 0.3 is 0 Å². The van der Waals surface area contributed by atoms with Crippen LogP contribution < -0.4 is 10.6 Å². The van der Waals surface area contributed by atoms with Gasteiger partial charge in [-0.15, -0.1) is 0 Å². The Kier molecular flexibility index (Phi) is 5.91. The van der Waals surface area contributed by atoms with Crippen LogP contribution in [-0.2, 0) is 16.0 Å². The van der Waals surface area contributed by atoms with Gasteiger partial charge in [-0.3, -0.25) is 9.59 Å². The van der Waals surface area contributed by atoms with Crippen molar-refractivity contribution in [1.29, 1.82) is 0 Å². The van der Waals surface area contributed by atoms with E-state index in [1.807, 2.05) is 36.5 Å². The molecule has 0 aliphatic carbocycles. The number of para-hydroxylation sites is 2. The third-order valence-corrected chi connectivity index (χ3v) is 5.26. The van der Waals surface area contributed by atoms with E-state index in [0.717, 1.165) is 35.9 Å². The Morgan fingerprint density at radius 2 is 1.93 bits per heavy atom. The van der Waals surface area contributed by atoms with Gasteiger partial charge in [0.1, 0.15) is 0 Å². The second kappa shape index (κ2) is 8.92. The number of nitrogens with one attached hydrogen (secondary N) is 3. The third kappa shape index (κ3) is 4.66. The lowest BCUT2D eigenvalue weighted by atomic mass is 10.1. The largest absolute Gasteiger partial charge is 0.376 e. The van der Waals surface area contributed by atoms with Gasteiger partial charge in [0.25, 0.3) is 5.91 Å². The van der Waals surface area contributed by atoms with Crippen LogP contribution in [0.3, 0.4) is 0 Å². The summed E-state index contributed by atoms with van der Waals surface area (Å²) in [5.74, 6) is -0.317. The number of hydrogen-bond acceptors (Lipinski definition) is 3. The van der Waals surface area contributed by atoms with Gasteiger partial charge in [-0.1, -0.05) is 30.3 Å². The number of aryl methyl sites for hydroxylation is 1. The molecular formula is C23H25N3O3. The van der Waals surface area contributed by atoms with Crippen molar-refractivity contribution in [2.75, 3.05) is 18.5 Å². The lowest BCUT2D eigenvalue weighted by Gasteiger charge is -2.13. The minimum absolute atomic E-state index is 0.0804. The molecule has 3 N–H and O–H groups in total. The van der Waals surface area contributed by atoms with Gasteiger partial charge in [0, 0.05) is 36.7 Å². The fourth-order valence-corrected chi connectivity index (χ4v) is 3.70. The summed E-state index contributed by atoms with van der Waals surface area (Å²) in [5.41, 5.74) is 3.17. The maximum Gasteiger partial charge on any atom is 0.253 e. The van der Waals surface area contributed by atoms with Crippen LogP contribution in [0, 0.1) is 0 Å². The molecule has 4 rings (SSSR count). The van der Waals surface area contributed by atoms with Crippen LogP contribution in [0.4, 0.5) is 5.69 Å². The molecule has 150 valence electrons. The summed E-state index contributed by atoms with van der Waals surface area (Å²) in [6.07, 6.45) is 4.99. The van der Waals surface area contributed by atoms with Gasteiger partial charge in [0.05, 0.1) is 17.4 Å². The molecule has 2 heterocycles. The van der Waals surface area contributed by atoms with Gasteiger partial charge in [-0.25, -0.2) is 0 Å². The molecule has 0 spiro atoms. The predicted octanol–water partition coefficient (Wildman–Crippen LogP) is 3.65. The van der Waals surface area contributed by atoms with Crippen molar-refractivity contribution in [3.05, 3.63) is 65.9 Å². The minimum Gasteiger partial charge on any atom is -0.376 e. The number of rotatable bonds is 7. The lowest BCUT2D eigenvalue weighted by molar-refractivity contribution is -0.116. The third-order valence-electron chi connectivity index (χ3n) is 5.26. The van der Waals surface area contributed by atoms with E-state index in [1.165, 1.54) is 0 Å². The Morgan fingerprint density at radius 1 is 1.10 bits per heavy atom. The molecule has 0 radical (unpaired) electrons. The van der Waals surface area contributed by atoms with Crippen molar-refractivity contribution in [3.8, 4) is 0 Å². The van der Waals surface area contributed by atoms with Crippen molar-refractivity contribution in [2.24, 2.45) is 0 Å². The number of aromatic amines is 1. The van der Waals surface area contributed by atoms with Crippen molar-refractivity contribution >= 4 is 28.4 Å². The standard InChI is InChI=1S/C23H25N3O3/c27-22(12-11-16-14-24-20-9-3-1-7-18(16)20)26-21-10-4-2-8-19(21)23(28)25-15-17-6-5-13-29-17/h1-4,7-10,14,17,24H,5-6,11-13,15H2,(H,25,28)(H,26,27)/t17-/m0/s1. The van der Waals surface area contributed by atoms with Crippen LogP contribution in [0.5, 0.6) is 0 Å². The van der Waals surface area contributed by atoms with Crippen LogP contribution in [0.2, 0.25) is 0 Å². The van der Waals surface area contributed by atoms with Crippen LogP contribution in [-0.4, -0.2) is 36.1 Å². The number of ether oxygens (including phenoxy) is 1. The van der Waals surface area contributed by atoms with Crippen LogP contribution in [0.15, 0.2) is 54.7 Å². The quantitative estimate of drug-likeness (QED) is 0.575. The second-order valence-electron chi connectivity index (χ2n) is 7.30. The molecule has 6 heteroatoms. The summed E-state index contributed by atoms with van der Waals surface area (Å²) < 4.78 is 5.54. The first-order valence-electron chi connectivity index (χ1n) is 10.0. The zero-order chi connectivity index (χ0) is 20.1. The Morgan fingerprint density at radius 3 is 2.79 bits per heavy atom. The van der Waals surface area contributed by atoms with E-state index < -0.39 is 0 Å². The van der Waals surface area contributed by atoms with Gasteiger partial charge in [0.2, 0.25) is 5.91 Å². The van der Waals surface area contributed by atoms with Crippen molar-refractivity contribution in [3.63, 3.8) is 0 Å². The Balaban J connectivity index is 1.36. The highest BCUT2D eigenvalue weighted by atomic mass is 16.5. The number of anilines is 1. The number of carbonyl (C=O) groups is 2. The van der Waals surface area contributed by atoms with E-state index in [4.69, 9.17) is 4.74 Å². The number of fused-ring (bicyclic) bond motifs is 1. The topological polar surface area (TPSA) is 83.2 Å². The number of amides is 2. The number of hydrogen-bond donors (Lipinski definition) is 3. The monoisotopic (exact) mass is 391 g/mol. The number of carbonyl (C=O) groups excluding carboxylic acids is 2. The molecule has 6 nitrogen and oxygen atoms in total. The fourth-order valence-electron chi connectivity index (χ4n) is 3.70. The minimum atomic E-state index is -0.201. The highest BCUT2D eigenvalue weighted by molar-refractivity contribution is 6.03. The first kappa shape index (κ1) is 19.2. The summed E-state index contributed by atoms with van der Waals surface area (Å²) >= 11 is 0. The average molecular weight is 391 g/mol. The van der Waals surface area contributed by atoms with Gasteiger partial charge in [-0.2, -0.15) is 0 Å². The molecule has 0 unspecified atom stereocenters. The Labute approximate surface area is 169 Å². The van der Waals surface area contributed by atoms with Gasteiger partial charge < -0.3 is 20.4 Å². The molecular weight excluding hydrogens is 366 g/mol. The van der Waals surface area contributed by atoms with E-state index >= 15 is 0 Å². The van der Waals surface area contributed by atoms with E-state index in [-0.39, 0.29) is 17.9 Å². The SMILES string of the molecule is O=C(CCc1c[nH]c2ccccc12)Nc1ccccc1C(=O)NC[C@@H]1CCCO1. The zero-order valence-corrected chi connectivity index (χ0v) is 16.2. The molecule has 1 saturated heterocycles. The molecule has 1 fully saturated rings. The molecule has 2 amide bonds. The van der Waals surface area contributed by atoms with Gasteiger partial charge in [-0.05, 0) is 43.0 Å². The Hall–Kier alpha value is -3.12. The molecule has 1 atom stereocenters. The highest BCUT2D eigenvalue weighted by Crippen LogP contribution is 2.20. The molecule has 1 aliphatic rings. The number of H-pyrrole nitrogens is 1. The second-order valence-corrected chi connectivity index (χ2v) is 7.30. The molecule has 1 aliphatic heterocycles. The smallest absolute Gasteiger partial charge is 0.253 e. The van der Waals surface area contributed by atoms with E-state index in [0.29, 0.717) is 30.6 Å². The van der Waals surface area contributed by atoms with E-state index in [9.17, 15) is 9.59 Å². The number of aromatic nitrogens is 1. The van der Waals surface area contributed by atoms with Gasteiger partial charge in [0.15, 0.2) is 0 Å². The molecule has 0 saturated carbocycles. The summed E-state index contributed by atoms with van der Waals surface area (Å²) in [7, 11) is 0. The maximum atomic E-state index is 12.6. The normalized spacial score (nSPS) is 16.1. The summed E-state index contributed by atoms with van der Waals surface area (Å²) in [6, 6.07) is 15.1. The van der Waals surface area contributed by atoms with Crippen molar-refractivity contribution < 1.29 is 14.3 Å². The molecule has 29 heavy (non-hydrogen) atoms. The molecule has 2 aromatic carbocycles. The summed E-state index contributed by atoms with van der Waals surface area (Å²) in [4.78, 5) is 28.3. The fraction of sp³-hybridized carbons (Fsp3) is 0.304. The first-order chi connectivity index (χ1) is 14.2. The molecule has 3 aromatic rings. The van der Waals surface area contributed by atoms with Crippen molar-refractivity contribution in [2.45, 2.75) is 31.8 Å². The van der Waals surface area contributed by atoms with E-state index in [1.54, 1.807) is 18.2 Å². The van der Waals surface area contributed by atoms with Crippen molar-refractivity contribution in [1.82, 2.24) is 10.3 Å². The summed E-state index contributed by atoms with van der Waals surface area (Å²) in [5, 5.41) is 6.93. The maximum absolute atomic E-state index is 12.6. The predicted molar refractivity (Wildman–Crippen MR) is 113 cm³/mol. The molecule has 1 aromatic heterocycles. The first-order valence-corrected chi connectivity index (χ1v) is 10.0. The highest BCUT2D eigenvalue weighted by Gasteiger charge is 2.18. The van der Waals surface area contributed by atoms with Crippen LogP contribution in [0.1, 0.15) is 35.2 Å². The van der Waals surface area contributed by atoms with E-state index in [2.05, 4.69) is 15.6 Å². The molecule has 0 bridgehead atoms. The number of benzene rings is 2. The zero-order valence-electron chi connectivity index (χ0n) is 16.2. The van der Waals surface area contributed by atoms with Crippen LogP contribution in [0.25, 0.3) is 10.9 Å². The summed E-state index contributed by atoms with van der Waals surface area (Å²) in [6.45, 7) is 1.24.